The summed E-state index contributed by atoms with van der Waals surface area (Å²) in [5.41, 5.74) is 0.192. The van der Waals surface area contributed by atoms with E-state index in [-0.39, 0.29) is 17.1 Å². The molecule has 142 valence electrons. The molecule has 2 aromatic rings. The number of para-hydroxylation sites is 2. The quantitative estimate of drug-likeness (QED) is 0.758. The van der Waals surface area contributed by atoms with E-state index in [2.05, 4.69) is 5.32 Å². The third-order valence-corrected chi connectivity index (χ3v) is 5.78. The van der Waals surface area contributed by atoms with Gasteiger partial charge in [-0.2, -0.15) is 0 Å². The summed E-state index contributed by atoms with van der Waals surface area (Å²) in [7, 11) is -3.09. The molecule has 1 fully saturated rings. The third-order valence-electron chi connectivity index (χ3n) is 4.01. The number of amides is 1. The summed E-state index contributed by atoms with van der Waals surface area (Å²) in [4.78, 5) is 24.2. The average molecular weight is 389 g/mol. The number of nitrogens with one attached hydrogen (secondary N) is 1. The van der Waals surface area contributed by atoms with Crippen LogP contribution in [0, 0.1) is 0 Å². The van der Waals surface area contributed by atoms with Gasteiger partial charge in [0, 0.05) is 6.04 Å². The van der Waals surface area contributed by atoms with Gasteiger partial charge >= 0.3 is 5.97 Å². The maximum atomic E-state index is 12.3. The summed E-state index contributed by atoms with van der Waals surface area (Å²) >= 11 is 0. The van der Waals surface area contributed by atoms with Gasteiger partial charge in [-0.3, -0.25) is 4.79 Å². The second-order valence-corrected chi connectivity index (χ2v) is 8.38. The van der Waals surface area contributed by atoms with Gasteiger partial charge in [0.15, 0.2) is 16.4 Å². The lowest BCUT2D eigenvalue weighted by Gasteiger charge is -2.12. The van der Waals surface area contributed by atoms with E-state index in [4.69, 9.17) is 9.47 Å². The van der Waals surface area contributed by atoms with Gasteiger partial charge in [-0.25, -0.2) is 13.2 Å². The lowest BCUT2D eigenvalue weighted by Crippen LogP contribution is -2.38. The van der Waals surface area contributed by atoms with Crippen LogP contribution < -0.4 is 10.1 Å². The van der Waals surface area contributed by atoms with Crippen LogP contribution in [0.25, 0.3) is 0 Å². The zero-order valence-electron chi connectivity index (χ0n) is 14.5. The molecule has 0 unspecified atom stereocenters. The van der Waals surface area contributed by atoms with Gasteiger partial charge in [0.05, 0.1) is 11.5 Å². The van der Waals surface area contributed by atoms with E-state index in [1.165, 1.54) is 0 Å². The van der Waals surface area contributed by atoms with Crippen molar-refractivity contribution in [1.29, 1.82) is 0 Å². The van der Waals surface area contributed by atoms with Crippen LogP contribution in [-0.4, -0.2) is 44.4 Å². The van der Waals surface area contributed by atoms with Gasteiger partial charge < -0.3 is 14.8 Å². The molecule has 27 heavy (non-hydrogen) atoms. The summed E-state index contributed by atoms with van der Waals surface area (Å²) in [5, 5.41) is 2.57. The predicted octanol–water partition coefficient (Wildman–Crippen LogP) is 1.94. The van der Waals surface area contributed by atoms with Crippen LogP contribution in [0.5, 0.6) is 11.5 Å². The van der Waals surface area contributed by atoms with Crippen molar-refractivity contribution < 1.29 is 27.5 Å². The standard InChI is InChI=1S/C19H19NO6S/c21-18(20-14-10-11-27(23,24)13-14)12-25-19(22)16-8-4-5-9-17(16)26-15-6-2-1-3-7-15/h1-9,14H,10-13H2,(H,20,21)/t14-/m1/s1. The number of esters is 1. The largest absolute Gasteiger partial charge is 0.456 e. The Labute approximate surface area is 157 Å². The first-order valence-electron chi connectivity index (χ1n) is 8.42. The normalized spacial score (nSPS) is 17.9. The molecule has 1 heterocycles. The monoisotopic (exact) mass is 389 g/mol. The van der Waals surface area contributed by atoms with Crippen LogP contribution in [-0.2, 0) is 19.4 Å². The molecule has 0 bridgehead atoms. The number of sulfone groups is 1. The highest BCUT2D eigenvalue weighted by Crippen LogP contribution is 2.25. The van der Waals surface area contributed by atoms with Crippen molar-refractivity contribution in [3.63, 3.8) is 0 Å². The molecule has 1 N–H and O–H groups in total. The van der Waals surface area contributed by atoms with Crippen molar-refractivity contribution in [2.75, 3.05) is 18.1 Å². The van der Waals surface area contributed by atoms with E-state index in [1.807, 2.05) is 18.2 Å². The van der Waals surface area contributed by atoms with Crippen molar-refractivity contribution in [3.05, 3.63) is 60.2 Å². The molecule has 3 rings (SSSR count). The highest BCUT2D eigenvalue weighted by Gasteiger charge is 2.29. The first-order valence-corrected chi connectivity index (χ1v) is 10.2. The molecule has 1 amide bonds. The smallest absolute Gasteiger partial charge is 0.342 e. The predicted molar refractivity (Wildman–Crippen MR) is 98.4 cm³/mol. The fourth-order valence-corrected chi connectivity index (χ4v) is 4.40. The Morgan fingerprint density at radius 1 is 1.04 bits per heavy atom. The topological polar surface area (TPSA) is 98.8 Å². The van der Waals surface area contributed by atoms with E-state index in [1.54, 1.807) is 36.4 Å². The third kappa shape index (κ3) is 5.30. The second kappa shape index (κ2) is 8.22. The Morgan fingerprint density at radius 3 is 2.44 bits per heavy atom. The zero-order valence-corrected chi connectivity index (χ0v) is 15.3. The van der Waals surface area contributed by atoms with Crippen LogP contribution in [0.3, 0.4) is 0 Å². The number of hydrogen-bond donors (Lipinski definition) is 1. The fourth-order valence-electron chi connectivity index (χ4n) is 2.73. The fraction of sp³-hybridized carbons (Fsp3) is 0.263. The van der Waals surface area contributed by atoms with Gasteiger partial charge in [-0.1, -0.05) is 30.3 Å². The first-order chi connectivity index (χ1) is 12.9. The lowest BCUT2D eigenvalue weighted by molar-refractivity contribution is -0.124. The molecule has 0 saturated carbocycles. The number of hydrogen-bond acceptors (Lipinski definition) is 6. The zero-order chi connectivity index (χ0) is 19.3. The van der Waals surface area contributed by atoms with E-state index >= 15 is 0 Å². The molecular weight excluding hydrogens is 370 g/mol. The van der Waals surface area contributed by atoms with Crippen LogP contribution in [0.15, 0.2) is 54.6 Å². The molecular formula is C19H19NO6S. The van der Waals surface area contributed by atoms with Crippen molar-refractivity contribution in [3.8, 4) is 11.5 Å². The van der Waals surface area contributed by atoms with Crippen molar-refractivity contribution in [2.45, 2.75) is 12.5 Å². The Hall–Kier alpha value is -2.87. The molecule has 1 atom stereocenters. The summed E-state index contributed by atoms with van der Waals surface area (Å²) < 4.78 is 33.6. The van der Waals surface area contributed by atoms with Crippen molar-refractivity contribution in [2.24, 2.45) is 0 Å². The first kappa shape index (κ1) is 18.9. The minimum absolute atomic E-state index is 0.0575. The minimum atomic E-state index is -3.09. The molecule has 0 spiro atoms. The Balaban J connectivity index is 1.57. The molecule has 0 aromatic heterocycles. The van der Waals surface area contributed by atoms with Crippen LogP contribution in [0.1, 0.15) is 16.8 Å². The number of carbonyl (C=O) groups is 2. The molecule has 2 aromatic carbocycles. The summed E-state index contributed by atoms with van der Waals surface area (Å²) in [6.45, 7) is -0.491. The van der Waals surface area contributed by atoms with Gasteiger partial charge in [-0.15, -0.1) is 0 Å². The van der Waals surface area contributed by atoms with Crippen LogP contribution in [0.4, 0.5) is 0 Å². The van der Waals surface area contributed by atoms with Gasteiger partial charge in [0.25, 0.3) is 5.91 Å². The lowest BCUT2D eigenvalue weighted by atomic mass is 10.2. The molecule has 0 radical (unpaired) electrons. The van der Waals surface area contributed by atoms with Gasteiger partial charge in [0.2, 0.25) is 0 Å². The Morgan fingerprint density at radius 2 is 1.74 bits per heavy atom. The molecule has 8 heteroatoms. The highest BCUT2D eigenvalue weighted by molar-refractivity contribution is 7.91. The molecule has 1 aliphatic heterocycles. The Kier molecular flexibility index (Phi) is 5.75. The molecule has 1 aliphatic rings. The molecule has 7 nitrogen and oxygen atoms in total. The maximum absolute atomic E-state index is 12.3. The highest BCUT2D eigenvalue weighted by atomic mass is 32.2. The second-order valence-electron chi connectivity index (χ2n) is 6.15. The van der Waals surface area contributed by atoms with Gasteiger partial charge in [-0.05, 0) is 30.7 Å². The summed E-state index contributed by atoms with van der Waals surface area (Å²) in [5.74, 6) is -0.376. The number of carbonyl (C=O) groups excluding carboxylic acids is 2. The molecule has 1 saturated heterocycles. The average Bonchev–Trinajstić information content (AvgIpc) is 2.99. The van der Waals surface area contributed by atoms with Crippen LogP contribution >= 0.6 is 0 Å². The van der Waals surface area contributed by atoms with E-state index < -0.39 is 34.4 Å². The molecule has 0 aliphatic carbocycles. The van der Waals surface area contributed by atoms with Crippen molar-refractivity contribution in [1.82, 2.24) is 5.32 Å². The SMILES string of the molecule is O=C(COC(=O)c1ccccc1Oc1ccccc1)N[C@@H]1CCS(=O)(=O)C1. The number of benzene rings is 2. The number of ether oxygens (including phenoxy) is 2. The maximum Gasteiger partial charge on any atom is 0.342 e. The Bertz CT molecular complexity index is 926. The summed E-state index contributed by atoms with van der Waals surface area (Å²) in [6.07, 6.45) is 0.371. The number of rotatable bonds is 6. The van der Waals surface area contributed by atoms with Crippen molar-refractivity contribution >= 4 is 21.7 Å². The van der Waals surface area contributed by atoms with E-state index in [0.29, 0.717) is 17.9 Å². The van der Waals surface area contributed by atoms with Crippen LogP contribution in [0.2, 0.25) is 0 Å². The van der Waals surface area contributed by atoms with E-state index in [9.17, 15) is 18.0 Å². The minimum Gasteiger partial charge on any atom is -0.456 e. The summed E-state index contributed by atoms with van der Waals surface area (Å²) in [6, 6.07) is 15.1. The van der Waals surface area contributed by atoms with Gasteiger partial charge in [0.1, 0.15) is 17.1 Å². The van der Waals surface area contributed by atoms with E-state index in [0.717, 1.165) is 0 Å².